The second-order valence-corrected chi connectivity index (χ2v) is 25.7. The Kier molecular flexibility index (Phi) is 57.1. The van der Waals surface area contributed by atoms with Crippen LogP contribution in [0.1, 0.15) is 336 Å². The van der Waals surface area contributed by atoms with E-state index >= 15 is 0 Å². The molecule has 0 saturated carbocycles. The van der Waals surface area contributed by atoms with Crippen molar-refractivity contribution in [3.8, 4) is 0 Å². The van der Waals surface area contributed by atoms with Crippen LogP contribution in [0.4, 0.5) is 0 Å². The molecule has 85 heavy (non-hydrogen) atoms. The summed E-state index contributed by atoms with van der Waals surface area (Å²) in [5.41, 5.74) is 0. The van der Waals surface area contributed by atoms with Gasteiger partial charge in [-0.3, -0.25) is 0 Å². The van der Waals surface area contributed by atoms with Gasteiger partial charge in [0, 0.05) is 26.4 Å². The highest BCUT2D eigenvalue weighted by atomic mass is 16.7. The molecule has 0 aliphatic carbocycles. The molecule has 0 aromatic carbocycles. The highest BCUT2D eigenvalue weighted by molar-refractivity contribution is 4.96. The molecule has 0 aromatic rings. The first-order chi connectivity index (χ1) is 42.0. The molecule has 0 amide bonds. The first-order valence-corrected chi connectivity index (χ1v) is 37.1. The molecule has 0 spiro atoms. The van der Waals surface area contributed by atoms with E-state index in [0.717, 1.165) is 51.4 Å². The van der Waals surface area contributed by atoms with Crippen LogP contribution in [0.2, 0.25) is 0 Å². The Morgan fingerprint density at radius 2 is 0.553 bits per heavy atom. The number of aliphatic hydroxyl groups is 2. The second kappa shape index (κ2) is 60.6. The van der Waals surface area contributed by atoms with E-state index in [9.17, 15) is 10.2 Å². The maximum absolute atomic E-state index is 12.4. The van der Waals surface area contributed by atoms with Crippen LogP contribution in [0.3, 0.4) is 0 Å². The quantitative estimate of drug-likeness (QED) is 0.0447. The predicted molar refractivity (Wildman–Crippen MR) is 356 cm³/mol. The fraction of sp³-hybridized carbons (Fsp3) is 0.946. The molecule has 2 aliphatic rings. The lowest BCUT2D eigenvalue weighted by Gasteiger charge is -2.47. The van der Waals surface area contributed by atoms with Gasteiger partial charge < -0.3 is 52.8 Å². The summed E-state index contributed by atoms with van der Waals surface area (Å²) >= 11 is 0. The molecule has 0 unspecified atom stereocenters. The molecule has 11 heteroatoms. The minimum atomic E-state index is -1.08. The number of aliphatic hydroxyl groups excluding tert-OH is 2. The highest BCUT2D eigenvalue weighted by Gasteiger charge is 2.51. The minimum Gasteiger partial charge on any atom is -0.394 e. The van der Waals surface area contributed by atoms with Gasteiger partial charge in [-0.15, -0.1) is 13.2 Å². The lowest BCUT2D eigenvalue weighted by molar-refractivity contribution is -0.344. The van der Waals surface area contributed by atoms with Crippen LogP contribution in [-0.4, -0.2) is 124 Å². The second-order valence-electron chi connectivity index (χ2n) is 25.7. The van der Waals surface area contributed by atoms with Gasteiger partial charge in [0.1, 0.15) is 48.8 Å². The molecule has 0 bridgehead atoms. The summed E-state index contributed by atoms with van der Waals surface area (Å²) < 4.78 is 59.9. The predicted octanol–water partition coefficient (Wildman–Crippen LogP) is 19.9. The molecule has 2 aliphatic heterocycles. The Morgan fingerprint density at radius 3 is 0.871 bits per heavy atom. The third-order valence-electron chi connectivity index (χ3n) is 17.8. The molecule has 0 radical (unpaired) electrons. The number of hydrogen-bond acceptors (Lipinski definition) is 11. The van der Waals surface area contributed by atoms with Crippen LogP contribution in [0.15, 0.2) is 25.3 Å². The summed E-state index contributed by atoms with van der Waals surface area (Å²) in [5.74, 6) is 0. The van der Waals surface area contributed by atoms with Gasteiger partial charge >= 0.3 is 0 Å². The summed E-state index contributed by atoms with van der Waals surface area (Å²) in [7, 11) is 0. The topological polar surface area (TPSA) is 124 Å². The van der Waals surface area contributed by atoms with E-state index in [1.165, 1.54) is 257 Å². The average molecular weight is 1210 g/mol. The molecule has 2 N–H and O–H groups in total. The molecule has 2 fully saturated rings. The van der Waals surface area contributed by atoms with Crippen LogP contribution in [0, 0.1) is 0 Å². The fourth-order valence-electron chi connectivity index (χ4n) is 12.4. The van der Waals surface area contributed by atoms with E-state index < -0.39 is 61.4 Å². The van der Waals surface area contributed by atoms with Crippen molar-refractivity contribution in [3.05, 3.63) is 25.3 Å². The monoisotopic (exact) mass is 1210 g/mol. The van der Waals surface area contributed by atoms with Gasteiger partial charge in [-0.25, -0.2) is 0 Å². The van der Waals surface area contributed by atoms with E-state index in [-0.39, 0.29) is 26.4 Å². The third-order valence-corrected chi connectivity index (χ3v) is 17.8. The maximum atomic E-state index is 12.4. The Morgan fingerprint density at radius 1 is 0.294 bits per heavy atom. The number of hydrogen-bond donors (Lipinski definition) is 2. The van der Waals surface area contributed by atoms with Gasteiger partial charge in [0.25, 0.3) is 0 Å². The van der Waals surface area contributed by atoms with Crippen LogP contribution >= 0.6 is 0 Å². The normalized spacial score (nSPS) is 22.6. The smallest absolute Gasteiger partial charge is 0.187 e. The first-order valence-electron chi connectivity index (χ1n) is 37.1. The van der Waals surface area contributed by atoms with Crippen molar-refractivity contribution in [2.24, 2.45) is 0 Å². The zero-order valence-electron chi connectivity index (χ0n) is 56.5. The number of ether oxygens (including phenoxy) is 9. The summed E-state index contributed by atoms with van der Waals surface area (Å²) in [6.45, 7) is 19.3. The van der Waals surface area contributed by atoms with Gasteiger partial charge in [0.2, 0.25) is 0 Å². The Labute approximate surface area is 526 Å². The van der Waals surface area contributed by atoms with Crippen molar-refractivity contribution in [2.45, 2.75) is 397 Å². The Bertz CT molecular complexity index is 1390. The van der Waals surface area contributed by atoms with Crippen LogP contribution in [-0.2, 0) is 42.6 Å². The minimum absolute atomic E-state index is 0.0377. The van der Waals surface area contributed by atoms with Crippen molar-refractivity contribution in [1.82, 2.24) is 0 Å². The van der Waals surface area contributed by atoms with Crippen molar-refractivity contribution >= 4 is 0 Å². The van der Waals surface area contributed by atoms with Crippen molar-refractivity contribution in [3.63, 3.8) is 0 Å². The summed E-state index contributed by atoms with van der Waals surface area (Å²) in [6.07, 6.45) is 56.3. The van der Waals surface area contributed by atoms with Crippen LogP contribution in [0.5, 0.6) is 0 Å². The maximum Gasteiger partial charge on any atom is 0.187 e. The molecule has 0 aromatic heterocycles. The van der Waals surface area contributed by atoms with Crippen LogP contribution in [0.25, 0.3) is 0 Å². The van der Waals surface area contributed by atoms with Gasteiger partial charge in [0.05, 0.1) is 26.4 Å². The largest absolute Gasteiger partial charge is 0.394 e. The van der Waals surface area contributed by atoms with E-state index in [0.29, 0.717) is 26.4 Å². The molecule has 504 valence electrons. The van der Waals surface area contributed by atoms with Crippen molar-refractivity contribution < 1.29 is 52.8 Å². The van der Waals surface area contributed by atoms with E-state index in [1.807, 2.05) is 0 Å². The van der Waals surface area contributed by atoms with E-state index in [2.05, 4.69) is 40.9 Å². The lowest BCUT2D eigenvalue weighted by Crippen LogP contribution is -2.63. The van der Waals surface area contributed by atoms with Gasteiger partial charge in [-0.1, -0.05) is 322 Å². The Hall–Kier alpha value is -0.960. The average Bonchev–Trinajstić information content (AvgIpc) is 2.87. The summed E-state index contributed by atoms with van der Waals surface area (Å²) in [4.78, 5) is 0. The lowest BCUT2D eigenvalue weighted by atomic mass is 9.97. The van der Waals surface area contributed by atoms with Gasteiger partial charge in [-0.2, -0.15) is 0 Å². The zero-order chi connectivity index (χ0) is 61.1. The SMILES string of the molecule is C=CCO[C@H]1O[C@H](CO[C@@H]2O[C@H](CO)[C@@H](OCC=C)[C@H](OCCCCCCCCCCCCCC)[C@H]2OCCCCCCCCCCCCCC)[C@@H](O)[C@H](OCCCCCCCCCCCCCC)[C@H]1OCCCCCCCCCCCCCC. The standard InChI is InChI=1S/C74H142O11/c1-7-13-17-21-25-29-33-37-41-45-49-53-59-78-69-67(76)66(85-73(82-58-12-6)71(69)80-61-55-51-47-43-39-35-31-27-23-19-15-9-3)64-83-74-72(81-62-56-52-48-44-40-36-32-28-24-20-16-10-4)70(68(77-57-11-5)65(63-75)84-74)79-60-54-50-46-42-38-34-30-26-22-18-14-8-2/h11-12,65-76H,5-10,13-64H2,1-4H3/t65-,66-,67-,68-,69+,70+,71-,72-,73+,74-/m1/s1. The molecular weight excluding hydrogens is 1060 g/mol. The summed E-state index contributed by atoms with van der Waals surface area (Å²) in [6, 6.07) is 0. The third kappa shape index (κ3) is 41.9. The number of unbranched alkanes of at least 4 members (excludes halogenated alkanes) is 44. The molecule has 2 rings (SSSR count). The fourth-order valence-corrected chi connectivity index (χ4v) is 12.4. The van der Waals surface area contributed by atoms with Gasteiger partial charge in [-0.05, 0) is 25.7 Å². The van der Waals surface area contributed by atoms with Gasteiger partial charge in [0.15, 0.2) is 12.6 Å². The molecule has 11 nitrogen and oxygen atoms in total. The van der Waals surface area contributed by atoms with Crippen molar-refractivity contribution in [2.75, 3.05) is 52.9 Å². The van der Waals surface area contributed by atoms with Crippen LogP contribution < -0.4 is 0 Å². The Balaban J connectivity index is 2.22. The van der Waals surface area contributed by atoms with E-state index in [4.69, 9.17) is 42.6 Å². The number of rotatable bonds is 66. The zero-order valence-corrected chi connectivity index (χ0v) is 56.5. The summed E-state index contributed by atoms with van der Waals surface area (Å²) in [5, 5.41) is 23.3. The molecule has 2 heterocycles. The first kappa shape index (κ1) is 80.1. The molecule has 10 atom stereocenters. The van der Waals surface area contributed by atoms with Crippen molar-refractivity contribution in [1.29, 1.82) is 0 Å². The van der Waals surface area contributed by atoms with E-state index in [1.54, 1.807) is 12.2 Å². The highest BCUT2D eigenvalue weighted by Crippen LogP contribution is 2.33. The molecular formula is C74H142O11. The molecule has 2 saturated heterocycles.